The van der Waals surface area contributed by atoms with Crippen molar-refractivity contribution < 1.29 is 14.4 Å². The number of hydrogen-bond donors (Lipinski definition) is 1. The molecule has 4 rings (SSSR count). The maximum atomic E-state index is 12.3. The SMILES string of the molecule is CON(C)C(=O)c1cccc(-c2ccc3nc(NC(=O)Cn4ccnc4)nn3c2)c1. The van der Waals surface area contributed by atoms with Gasteiger partial charge in [0.1, 0.15) is 6.54 Å². The number of hydrogen-bond acceptors (Lipinski definition) is 6. The van der Waals surface area contributed by atoms with E-state index < -0.39 is 0 Å². The summed E-state index contributed by atoms with van der Waals surface area (Å²) in [5.74, 6) is -0.287. The summed E-state index contributed by atoms with van der Waals surface area (Å²) in [6, 6.07) is 10.9. The highest BCUT2D eigenvalue weighted by molar-refractivity contribution is 5.94. The first-order valence-corrected chi connectivity index (χ1v) is 9.08. The maximum Gasteiger partial charge on any atom is 0.277 e. The number of rotatable bonds is 6. The number of anilines is 1. The number of carbonyl (C=O) groups is 2. The fraction of sp³-hybridized carbons (Fsp3) is 0.150. The van der Waals surface area contributed by atoms with Crippen LogP contribution < -0.4 is 5.32 Å². The Morgan fingerprint density at radius 3 is 2.83 bits per heavy atom. The topological polar surface area (TPSA) is 107 Å². The van der Waals surface area contributed by atoms with Crippen molar-refractivity contribution in [1.29, 1.82) is 0 Å². The standard InChI is InChI=1S/C20H19N7O3/c1-25(30-2)19(29)15-5-3-4-14(10-15)16-6-7-17-22-20(24-27(17)11-16)23-18(28)12-26-9-8-21-13-26/h3-11,13H,12H2,1-2H3,(H,23,24,28). The number of fused-ring (bicyclic) bond motifs is 1. The summed E-state index contributed by atoms with van der Waals surface area (Å²) in [4.78, 5) is 37.6. The van der Waals surface area contributed by atoms with Gasteiger partial charge in [-0.05, 0) is 29.8 Å². The number of nitrogens with zero attached hydrogens (tertiary/aromatic N) is 6. The molecule has 30 heavy (non-hydrogen) atoms. The van der Waals surface area contributed by atoms with Gasteiger partial charge in [-0.25, -0.2) is 14.6 Å². The molecule has 0 saturated carbocycles. The Morgan fingerprint density at radius 1 is 1.20 bits per heavy atom. The summed E-state index contributed by atoms with van der Waals surface area (Å²) >= 11 is 0. The zero-order valence-corrected chi connectivity index (χ0v) is 16.4. The fourth-order valence-corrected chi connectivity index (χ4v) is 2.91. The van der Waals surface area contributed by atoms with Crippen molar-refractivity contribution in [2.75, 3.05) is 19.5 Å². The van der Waals surface area contributed by atoms with Crippen LogP contribution >= 0.6 is 0 Å². The molecule has 0 aliphatic rings. The highest BCUT2D eigenvalue weighted by Gasteiger charge is 2.13. The molecule has 2 amide bonds. The number of nitrogens with one attached hydrogen (secondary N) is 1. The van der Waals surface area contributed by atoms with Crippen molar-refractivity contribution in [2.24, 2.45) is 0 Å². The Labute approximate surface area is 171 Å². The van der Waals surface area contributed by atoms with Crippen molar-refractivity contribution in [3.05, 3.63) is 66.9 Å². The molecular formula is C20H19N7O3. The van der Waals surface area contributed by atoms with E-state index in [9.17, 15) is 9.59 Å². The Kier molecular flexibility index (Phi) is 5.22. The minimum atomic E-state index is -0.252. The van der Waals surface area contributed by atoms with Crippen molar-refractivity contribution in [2.45, 2.75) is 6.54 Å². The number of pyridine rings is 1. The third-order valence-electron chi connectivity index (χ3n) is 4.47. The van der Waals surface area contributed by atoms with E-state index in [1.807, 2.05) is 12.1 Å². The van der Waals surface area contributed by atoms with Gasteiger partial charge in [0.2, 0.25) is 11.9 Å². The molecule has 0 aliphatic carbocycles. The summed E-state index contributed by atoms with van der Waals surface area (Å²) in [5.41, 5.74) is 2.78. The quantitative estimate of drug-likeness (QED) is 0.491. The lowest BCUT2D eigenvalue weighted by Gasteiger charge is -2.14. The van der Waals surface area contributed by atoms with Gasteiger partial charge in [-0.3, -0.25) is 19.7 Å². The van der Waals surface area contributed by atoms with Gasteiger partial charge in [-0.2, -0.15) is 4.98 Å². The first-order chi connectivity index (χ1) is 14.5. The lowest BCUT2D eigenvalue weighted by molar-refractivity contribution is -0.116. The van der Waals surface area contributed by atoms with Crippen LogP contribution in [0.15, 0.2) is 61.3 Å². The molecule has 10 heteroatoms. The predicted molar refractivity (Wildman–Crippen MR) is 108 cm³/mol. The molecule has 3 aromatic heterocycles. The maximum absolute atomic E-state index is 12.3. The molecule has 1 aromatic carbocycles. The Morgan fingerprint density at radius 2 is 2.07 bits per heavy atom. The summed E-state index contributed by atoms with van der Waals surface area (Å²) in [5, 5.41) is 8.16. The van der Waals surface area contributed by atoms with Crippen LogP contribution in [0.2, 0.25) is 0 Å². The molecule has 0 bridgehead atoms. The number of carbonyl (C=O) groups excluding carboxylic acids is 2. The smallest absolute Gasteiger partial charge is 0.277 e. The van der Waals surface area contributed by atoms with E-state index in [1.165, 1.54) is 12.2 Å². The van der Waals surface area contributed by atoms with Crippen LogP contribution in [0, 0.1) is 0 Å². The number of imidazole rings is 1. The molecule has 1 N–H and O–H groups in total. The highest BCUT2D eigenvalue weighted by Crippen LogP contribution is 2.22. The fourth-order valence-electron chi connectivity index (χ4n) is 2.91. The zero-order valence-electron chi connectivity index (χ0n) is 16.4. The van der Waals surface area contributed by atoms with Gasteiger partial charge in [-0.15, -0.1) is 5.10 Å². The molecule has 0 aliphatic heterocycles. The third-order valence-corrected chi connectivity index (χ3v) is 4.47. The second kappa shape index (κ2) is 8.13. The lowest BCUT2D eigenvalue weighted by atomic mass is 10.0. The van der Waals surface area contributed by atoms with Crippen LogP contribution in [0.4, 0.5) is 5.95 Å². The Balaban J connectivity index is 1.55. The molecule has 4 aromatic rings. The van der Waals surface area contributed by atoms with Crippen LogP contribution in [0.25, 0.3) is 16.8 Å². The van der Waals surface area contributed by atoms with E-state index in [0.717, 1.165) is 11.1 Å². The first kappa shape index (κ1) is 19.3. The van der Waals surface area contributed by atoms with Gasteiger partial charge in [0.25, 0.3) is 5.91 Å². The zero-order chi connectivity index (χ0) is 21.1. The third kappa shape index (κ3) is 4.03. The molecule has 0 unspecified atom stereocenters. The van der Waals surface area contributed by atoms with Crippen LogP contribution in [0.3, 0.4) is 0 Å². The molecule has 3 heterocycles. The van der Waals surface area contributed by atoms with Gasteiger partial charge in [-0.1, -0.05) is 12.1 Å². The summed E-state index contributed by atoms with van der Waals surface area (Å²) in [6.45, 7) is 0.123. The Bertz CT molecular complexity index is 1200. The molecule has 0 fully saturated rings. The molecule has 10 nitrogen and oxygen atoms in total. The average Bonchev–Trinajstić information content (AvgIpc) is 3.41. The van der Waals surface area contributed by atoms with Crippen molar-refractivity contribution in [3.63, 3.8) is 0 Å². The van der Waals surface area contributed by atoms with E-state index in [4.69, 9.17) is 4.84 Å². The largest absolute Gasteiger partial charge is 0.328 e. The monoisotopic (exact) mass is 405 g/mol. The van der Waals surface area contributed by atoms with Crippen LogP contribution in [-0.4, -0.2) is 55.2 Å². The second-order valence-electron chi connectivity index (χ2n) is 6.51. The second-order valence-corrected chi connectivity index (χ2v) is 6.51. The summed E-state index contributed by atoms with van der Waals surface area (Å²) in [6.07, 6.45) is 6.66. The van der Waals surface area contributed by atoms with Gasteiger partial charge >= 0.3 is 0 Å². The van der Waals surface area contributed by atoms with Crippen LogP contribution in [0.1, 0.15) is 10.4 Å². The van der Waals surface area contributed by atoms with Gasteiger partial charge in [0.05, 0.1) is 13.4 Å². The van der Waals surface area contributed by atoms with Crippen LogP contribution in [0.5, 0.6) is 0 Å². The molecular weight excluding hydrogens is 386 g/mol. The predicted octanol–water partition coefficient (Wildman–Crippen LogP) is 1.86. The minimum Gasteiger partial charge on any atom is -0.328 e. The van der Waals surface area contributed by atoms with E-state index in [-0.39, 0.29) is 24.3 Å². The highest BCUT2D eigenvalue weighted by atomic mass is 16.7. The number of hydroxylamine groups is 2. The van der Waals surface area contributed by atoms with Gasteiger partial charge in [0, 0.05) is 36.8 Å². The van der Waals surface area contributed by atoms with E-state index in [2.05, 4.69) is 20.4 Å². The van der Waals surface area contributed by atoms with Crippen LogP contribution in [-0.2, 0) is 16.2 Å². The van der Waals surface area contributed by atoms with E-state index in [1.54, 1.807) is 65.3 Å². The molecule has 0 atom stereocenters. The number of benzene rings is 1. The number of amides is 2. The lowest BCUT2D eigenvalue weighted by Crippen LogP contribution is -2.25. The molecule has 0 spiro atoms. The molecule has 0 radical (unpaired) electrons. The molecule has 152 valence electrons. The van der Waals surface area contributed by atoms with Crippen molar-refractivity contribution in [1.82, 2.24) is 29.2 Å². The molecule has 0 saturated heterocycles. The van der Waals surface area contributed by atoms with E-state index in [0.29, 0.717) is 11.2 Å². The minimum absolute atomic E-state index is 0.123. The average molecular weight is 405 g/mol. The van der Waals surface area contributed by atoms with Gasteiger partial charge in [0.15, 0.2) is 5.65 Å². The normalized spacial score (nSPS) is 10.9. The van der Waals surface area contributed by atoms with E-state index >= 15 is 0 Å². The summed E-state index contributed by atoms with van der Waals surface area (Å²) < 4.78 is 3.23. The Hall–Kier alpha value is -4.05. The first-order valence-electron chi connectivity index (χ1n) is 9.08. The summed E-state index contributed by atoms with van der Waals surface area (Å²) in [7, 11) is 2.99. The number of aromatic nitrogens is 5. The van der Waals surface area contributed by atoms with Gasteiger partial charge < -0.3 is 4.57 Å². The van der Waals surface area contributed by atoms with Crippen molar-refractivity contribution >= 4 is 23.4 Å². The van der Waals surface area contributed by atoms with Crippen molar-refractivity contribution in [3.8, 4) is 11.1 Å².